The Kier molecular flexibility index (Phi) is 5.66. The molecule has 1 amide bonds. The number of benzene rings is 1. The first-order valence-electron chi connectivity index (χ1n) is 9.33. The average molecular weight is 384 g/mol. The van der Waals surface area contributed by atoms with Gasteiger partial charge in [0.05, 0.1) is 11.7 Å². The van der Waals surface area contributed by atoms with E-state index in [1.165, 1.54) is 0 Å². The maximum Gasteiger partial charge on any atom is 0.207 e. The van der Waals surface area contributed by atoms with Crippen LogP contribution in [0.25, 0.3) is 22.3 Å². The lowest BCUT2D eigenvalue weighted by Gasteiger charge is -2.18. The summed E-state index contributed by atoms with van der Waals surface area (Å²) >= 11 is 0. The number of pyridine rings is 2. The highest BCUT2D eigenvalue weighted by atomic mass is 16.1. The van der Waals surface area contributed by atoms with Gasteiger partial charge in [-0.05, 0) is 30.2 Å². The third-order valence-corrected chi connectivity index (χ3v) is 4.58. The summed E-state index contributed by atoms with van der Waals surface area (Å²) < 4.78 is 0. The Bertz CT molecular complexity index is 1090. The van der Waals surface area contributed by atoms with Crippen LogP contribution in [0.3, 0.4) is 0 Å². The van der Waals surface area contributed by atoms with Crippen molar-refractivity contribution in [1.82, 2.24) is 25.3 Å². The van der Waals surface area contributed by atoms with Gasteiger partial charge in [0, 0.05) is 42.1 Å². The number of hydrogen-bond acceptors (Lipinski definition) is 6. The first kappa shape index (κ1) is 18.5. The van der Waals surface area contributed by atoms with Crippen LogP contribution in [0, 0.1) is 0 Å². The summed E-state index contributed by atoms with van der Waals surface area (Å²) in [5.41, 5.74) is 2.78. The van der Waals surface area contributed by atoms with Gasteiger partial charge in [-0.15, -0.1) is 0 Å². The minimum absolute atomic E-state index is 0.0777. The lowest BCUT2D eigenvalue weighted by Crippen LogP contribution is -2.36. The highest BCUT2D eigenvalue weighted by molar-refractivity contribution is 5.89. The third kappa shape index (κ3) is 4.52. The molecule has 144 valence electrons. The van der Waals surface area contributed by atoms with Crippen molar-refractivity contribution in [3.8, 4) is 11.4 Å². The molecule has 0 unspecified atom stereocenters. The number of aromatic nitrogens is 4. The molecule has 7 heteroatoms. The molecule has 4 aromatic rings. The maximum atomic E-state index is 11.1. The number of nitrogens with one attached hydrogen (secondary N) is 2. The summed E-state index contributed by atoms with van der Waals surface area (Å²) in [6.45, 7) is 0.526. The van der Waals surface area contributed by atoms with Crippen LogP contribution in [0.2, 0.25) is 0 Å². The van der Waals surface area contributed by atoms with Crippen LogP contribution in [-0.2, 0) is 11.2 Å². The van der Waals surface area contributed by atoms with Crippen LogP contribution in [0.1, 0.15) is 5.56 Å². The normalized spacial score (nSPS) is 11.7. The van der Waals surface area contributed by atoms with Gasteiger partial charge in [0.15, 0.2) is 5.82 Å². The molecule has 0 saturated carbocycles. The highest BCUT2D eigenvalue weighted by Crippen LogP contribution is 2.24. The number of hydrogen-bond donors (Lipinski definition) is 2. The molecule has 7 nitrogen and oxygen atoms in total. The number of fused-ring (bicyclic) bond motifs is 1. The fourth-order valence-electron chi connectivity index (χ4n) is 3.15. The SMILES string of the molecule is O=CN[C@H](CNc1nc(-c2ccncc2)nc2cnccc12)Cc1ccccc1. The second-order valence-electron chi connectivity index (χ2n) is 6.58. The van der Waals surface area contributed by atoms with Crippen LogP contribution < -0.4 is 10.6 Å². The summed E-state index contributed by atoms with van der Waals surface area (Å²) in [4.78, 5) is 28.7. The van der Waals surface area contributed by atoms with E-state index in [0.717, 1.165) is 28.4 Å². The van der Waals surface area contributed by atoms with Crippen molar-refractivity contribution in [3.63, 3.8) is 0 Å². The van der Waals surface area contributed by atoms with Gasteiger partial charge in [-0.2, -0.15) is 0 Å². The lowest BCUT2D eigenvalue weighted by molar-refractivity contribution is -0.110. The second kappa shape index (κ2) is 8.88. The van der Waals surface area contributed by atoms with E-state index in [0.29, 0.717) is 24.6 Å². The topological polar surface area (TPSA) is 92.7 Å². The largest absolute Gasteiger partial charge is 0.367 e. The quantitative estimate of drug-likeness (QED) is 0.454. The summed E-state index contributed by atoms with van der Waals surface area (Å²) in [5, 5.41) is 7.15. The smallest absolute Gasteiger partial charge is 0.207 e. The Morgan fingerprint density at radius 2 is 1.72 bits per heavy atom. The predicted molar refractivity (Wildman–Crippen MR) is 112 cm³/mol. The number of amides is 1. The minimum atomic E-state index is -0.0777. The molecule has 2 N–H and O–H groups in total. The fourth-order valence-corrected chi connectivity index (χ4v) is 3.15. The lowest BCUT2D eigenvalue weighted by atomic mass is 10.1. The molecular formula is C22H20N6O. The van der Waals surface area contributed by atoms with Crippen molar-refractivity contribution < 1.29 is 4.79 Å². The zero-order chi connectivity index (χ0) is 19.9. The summed E-state index contributed by atoms with van der Waals surface area (Å²) in [6.07, 6.45) is 8.31. The summed E-state index contributed by atoms with van der Waals surface area (Å²) in [6, 6.07) is 15.6. The van der Waals surface area contributed by atoms with Gasteiger partial charge >= 0.3 is 0 Å². The van der Waals surface area contributed by atoms with Crippen molar-refractivity contribution in [3.05, 3.63) is 78.9 Å². The van der Waals surface area contributed by atoms with Gasteiger partial charge in [-0.3, -0.25) is 14.8 Å². The third-order valence-electron chi connectivity index (χ3n) is 4.58. The maximum absolute atomic E-state index is 11.1. The minimum Gasteiger partial charge on any atom is -0.367 e. The molecule has 29 heavy (non-hydrogen) atoms. The molecule has 0 radical (unpaired) electrons. The number of anilines is 1. The van der Waals surface area contributed by atoms with Crippen molar-refractivity contribution in [2.24, 2.45) is 0 Å². The van der Waals surface area contributed by atoms with Crippen LogP contribution in [0.4, 0.5) is 5.82 Å². The van der Waals surface area contributed by atoms with Crippen molar-refractivity contribution >= 4 is 23.1 Å². The Balaban J connectivity index is 1.61. The fraction of sp³-hybridized carbons (Fsp3) is 0.136. The van der Waals surface area contributed by atoms with Gasteiger partial charge in [0.1, 0.15) is 5.82 Å². The molecule has 3 aromatic heterocycles. The van der Waals surface area contributed by atoms with Crippen molar-refractivity contribution in [2.75, 3.05) is 11.9 Å². The van der Waals surface area contributed by atoms with E-state index in [2.05, 4.69) is 25.6 Å². The monoisotopic (exact) mass is 384 g/mol. The number of carbonyl (C=O) groups excluding carboxylic acids is 1. The number of carbonyl (C=O) groups is 1. The Hall–Kier alpha value is -3.87. The summed E-state index contributed by atoms with van der Waals surface area (Å²) in [5.74, 6) is 1.30. The standard InChI is InChI=1S/C22H20N6O/c29-15-26-18(12-16-4-2-1-3-5-16)13-25-22-19-8-11-24-14-20(19)27-21(28-22)17-6-9-23-10-7-17/h1-11,14-15,18H,12-13H2,(H,26,29)(H,25,27,28)/t18-/m0/s1. The average Bonchev–Trinajstić information content (AvgIpc) is 2.78. The van der Waals surface area contributed by atoms with Gasteiger partial charge < -0.3 is 10.6 Å². The first-order chi connectivity index (χ1) is 14.3. The van der Waals surface area contributed by atoms with Crippen LogP contribution in [0.5, 0.6) is 0 Å². The van der Waals surface area contributed by atoms with Gasteiger partial charge in [0.25, 0.3) is 0 Å². The van der Waals surface area contributed by atoms with Gasteiger partial charge in [-0.25, -0.2) is 9.97 Å². The Labute approximate surface area is 168 Å². The van der Waals surface area contributed by atoms with Crippen molar-refractivity contribution in [1.29, 1.82) is 0 Å². The molecule has 0 aliphatic rings. The van der Waals surface area contributed by atoms with E-state index in [9.17, 15) is 4.79 Å². The molecule has 0 saturated heterocycles. The Morgan fingerprint density at radius 3 is 2.52 bits per heavy atom. The number of nitrogens with zero attached hydrogens (tertiary/aromatic N) is 4. The van der Waals surface area contributed by atoms with E-state index in [1.54, 1.807) is 24.8 Å². The number of rotatable bonds is 8. The molecule has 1 atom stereocenters. The predicted octanol–water partition coefficient (Wildman–Crippen LogP) is 2.86. The van der Waals surface area contributed by atoms with E-state index in [-0.39, 0.29) is 6.04 Å². The van der Waals surface area contributed by atoms with E-state index in [1.807, 2.05) is 48.5 Å². The van der Waals surface area contributed by atoms with E-state index < -0.39 is 0 Å². The molecular weight excluding hydrogens is 364 g/mol. The molecule has 4 rings (SSSR count). The molecule has 0 fully saturated rings. The van der Waals surface area contributed by atoms with Gasteiger partial charge in [-0.1, -0.05) is 30.3 Å². The molecule has 0 aliphatic heterocycles. The molecule has 0 aliphatic carbocycles. The Morgan fingerprint density at radius 1 is 0.931 bits per heavy atom. The van der Waals surface area contributed by atoms with E-state index >= 15 is 0 Å². The van der Waals surface area contributed by atoms with Gasteiger partial charge in [0.2, 0.25) is 6.41 Å². The second-order valence-corrected chi connectivity index (χ2v) is 6.58. The molecule has 1 aromatic carbocycles. The molecule has 0 bridgehead atoms. The highest BCUT2D eigenvalue weighted by Gasteiger charge is 2.13. The van der Waals surface area contributed by atoms with Crippen LogP contribution >= 0.6 is 0 Å². The first-order valence-corrected chi connectivity index (χ1v) is 9.33. The van der Waals surface area contributed by atoms with Crippen molar-refractivity contribution in [2.45, 2.75) is 12.5 Å². The molecule has 3 heterocycles. The zero-order valence-corrected chi connectivity index (χ0v) is 15.7. The molecule has 0 spiro atoms. The van der Waals surface area contributed by atoms with Crippen LogP contribution in [0.15, 0.2) is 73.3 Å². The summed E-state index contributed by atoms with van der Waals surface area (Å²) in [7, 11) is 0. The van der Waals surface area contributed by atoms with Crippen LogP contribution in [-0.4, -0.2) is 38.9 Å². The zero-order valence-electron chi connectivity index (χ0n) is 15.7. The van der Waals surface area contributed by atoms with E-state index in [4.69, 9.17) is 4.98 Å².